The molecule has 0 saturated carbocycles. The van der Waals surface area contributed by atoms with Crippen LogP contribution in [0.5, 0.6) is 0 Å². The van der Waals surface area contributed by atoms with E-state index in [2.05, 4.69) is 15.3 Å². The average Bonchev–Trinajstić information content (AvgIpc) is 2.60. The van der Waals surface area contributed by atoms with Gasteiger partial charge in [0.05, 0.1) is 17.8 Å². The van der Waals surface area contributed by atoms with Crippen LogP contribution in [0.25, 0.3) is 0 Å². The first-order valence-corrected chi connectivity index (χ1v) is 8.42. The lowest BCUT2D eigenvalue weighted by Crippen LogP contribution is -2.40. The van der Waals surface area contributed by atoms with Crippen LogP contribution in [0.2, 0.25) is 0 Å². The summed E-state index contributed by atoms with van der Waals surface area (Å²) < 4.78 is 37.9. The number of rotatable bonds is 2. The van der Waals surface area contributed by atoms with Crippen molar-refractivity contribution in [3.8, 4) is 0 Å². The third kappa shape index (κ3) is 4.12. The smallest absolute Gasteiger partial charge is 0.362 e. The maximum atomic E-state index is 12.6. The summed E-state index contributed by atoms with van der Waals surface area (Å²) in [5.41, 5.74) is 1.37. The lowest BCUT2D eigenvalue weighted by Gasteiger charge is -2.31. The predicted octanol–water partition coefficient (Wildman–Crippen LogP) is 3.46. The van der Waals surface area contributed by atoms with E-state index in [9.17, 15) is 18.0 Å². The van der Waals surface area contributed by atoms with E-state index in [0.29, 0.717) is 31.0 Å². The molecule has 6 nitrogen and oxygen atoms in total. The Morgan fingerprint density at radius 2 is 1.85 bits per heavy atom. The first-order chi connectivity index (χ1) is 12.6. The van der Waals surface area contributed by atoms with Gasteiger partial charge in [-0.3, -0.25) is 0 Å². The van der Waals surface area contributed by atoms with Gasteiger partial charge in [0.25, 0.3) is 0 Å². The fraction of sp³-hybridized carbons (Fsp3) is 0.389. The van der Waals surface area contributed by atoms with E-state index < -0.39 is 11.7 Å². The average molecular weight is 379 g/mol. The summed E-state index contributed by atoms with van der Waals surface area (Å²) in [6.45, 7) is 2.65. The van der Waals surface area contributed by atoms with Gasteiger partial charge in [0, 0.05) is 38.3 Å². The van der Waals surface area contributed by atoms with E-state index in [4.69, 9.17) is 0 Å². The number of halogens is 3. The van der Waals surface area contributed by atoms with Crippen LogP contribution in [0.1, 0.15) is 22.6 Å². The van der Waals surface area contributed by atoms with E-state index in [1.807, 2.05) is 25.9 Å². The van der Waals surface area contributed by atoms with Crippen molar-refractivity contribution in [2.24, 2.45) is 0 Å². The van der Waals surface area contributed by atoms with Crippen molar-refractivity contribution in [1.82, 2.24) is 14.9 Å². The number of amides is 2. The Hall–Kier alpha value is -2.84. The topological polar surface area (TPSA) is 61.4 Å². The van der Waals surface area contributed by atoms with Gasteiger partial charge in [-0.1, -0.05) is 0 Å². The van der Waals surface area contributed by atoms with Crippen LogP contribution < -0.4 is 10.2 Å². The quantitative estimate of drug-likeness (QED) is 0.868. The number of anilines is 2. The number of carbonyl (C=O) groups is 1. The number of urea groups is 1. The molecule has 1 N–H and O–H groups in total. The summed E-state index contributed by atoms with van der Waals surface area (Å²) in [6.07, 6.45) is -3.81. The molecule has 1 aliphatic heterocycles. The summed E-state index contributed by atoms with van der Waals surface area (Å²) in [5.74, 6) is 1.45. The molecule has 0 bridgehead atoms. The van der Waals surface area contributed by atoms with E-state index in [0.717, 1.165) is 29.2 Å². The van der Waals surface area contributed by atoms with Crippen LogP contribution in [0.15, 0.2) is 24.3 Å². The molecule has 2 aromatic rings. The first-order valence-electron chi connectivity index (χ1n) is 8.42. The minimum Gasteiger partial charge on any atom is -0.362 e. The molecule has 1 aromatic heterocycles. The molecule has 0 fully saturated rings. The number of alkyl halides is 3. The number of nitrogens with zero attached hydrogens (tertiary/aromatic N) is 4. The molecule has 9 heteroatoms. The molecule has 0 spiro atoms. The van der Waals surface area contributed by atoms with Crippen molar-refractivity contribution in [2.45, 2.75) is 26.1 Å². The first kappa shape index (κ1) is 18.9. The number of hydrogen-bond donors (Lipinski definition) is 1. The van der Waals surface area contributed by atoms with Crippen molar-refractivity contribution in [3.63, 3.8) is 0 Å². The minimum atomic E-state index is -4.40. The fourth-order valence-electron chi connectivity index (χ4n) is 3.01. The van der Waals surface area contributed by atoms with E-state index in [1.54, 1.807) is 4.90 Å². The lowest BCUT2D eigenvalue weighted by atomic mass is 10.1. The molecular weight excluding hydrogens is 359 g/mol. The second-order valence-corrected chi connectivity index (χ2v) is 6.59. The lowest BCUT2D eigenvalue weighted by molar-refractivity contribution is -0.137. The standard InChI is InChI=1S/C18H20F3N5O/c1-11-22-15-8-9-26(10-14(15)16(23-11)25(2)3)17(27)24-13-6-4-12(5-7-13)18(19,20)21/h4-7H,8-10H2,1-3H3,(H,24,27). The molecule has 0 radical (unpaired) electrons. The number of fused-ring (bicyclic) bond motifs is 1. The number of nitrogens with one attached hydrogen (secondary N) is 1. The van der Waals surface area contributed by atoms with Crippen LogP contribution in [0, 0.1) is 6.92 Å². The van der Waals surface area contributed by atoms with Gasteiger partial charge in [0.15, 0.2) is 0 Å². The number of hydrogen-bond acceptors (Lipinski definition) is 4. The molecule has 0 saturated heterocycles. The Morgan fingerprint density at radius 3 is 2.44 bits per heavy atom. The zero-order chi connectivity index (χ0) is 19.8. The van der Waals surface area contributed by atoms with Crippen LogP contribution in [0.3, 0.4) is 0 Å². The summed E-state index contributed by atoms with van der Waals surface area (Å²) in [4.78, 5) is 24.9. The minimum absolute atomic E-state index is 0.312. The molecule has 2 heterocycles. The maximum Gasteiger partial charge on any atom is 0.416 e. The SMILES string of the molecule is Cc1nc2c(c(N(C)C)n1)CN(C(=O)Nc1ccc(C(F)(F)F)cc1)CC2. The fourth-order valence-corrected chi connectivity index (χ4v) is 3.01. The highest BCUT2D eigenvalue weighted by Gasteiger charge is 2.30. The third-order valence-corrected chi connectivity index (χ3v) is 4.32. The largest absolute Gasteiger partial charge is 0.416 e. The summed E-state index contributed by atoms with van der Waals surface area (Å²) in [6, 6.07) is 4.02. The molecular formula is C18H20F3N5O. The van der Waals surface area contributed by atoms with Crippen molar-refractivity contribution >= 4 is 17.5 Å². The Morgan fingerprint density at radius 1 is 1.19 bits per heavy atom. The zero-order valence-corrected chi connectivity index (χ0v) is 15.3. The van der Waals surface area contributed by atoms with Gasteiger partial charge in [-0.05, 0) is 31.2 Å². The zero-order valence-electron chi connectivity index (χ0n) is 15.3. The van der Waals surface area contributed by atoms with Gasteiger partial charge >= 0.3 is 12.2 Å². The molecule has 1 aliphatic rings. The van der Waals surface area contributed by atoms with Gasteiger partial charge in [0.2, 0.25) is 0 Å². The molecule has 1 aromatic carbocycles. The highest BCUT2D eigenvalue weighted by molar-refractivity contribution is 5.89. The van der Waals surface area contributed by atoms with E-state index in [-0.39, 0.29) is 6.03 Å². The monoisotopic (exact) mass is 379 g/mol. The maximum absolute atomic E-state index is 12.6. The molecule has 0 aliphatic carbocycles. The van der Waals surface area contributed by atoms with Gasteiger partial charge in [0.1, 0.15) is 11.6 Å². The van der Waals surface area contributed by atoms with E-state index in [1.165, 1.54) is 12.1 Å². The third-order valence-electron chi connectivity index (χ3n) is 4.32. The Balaban J connectivity index is 1.74. The van der Waals surface area contributed by atoms with Crippen molar-refractivity contribution in [2.75, 3.05) is 30.9 Å². The second kappa shape index (κ2) is 7.05. The Labute approximate surface area is 155 Å². The van der Waals surface area contributed by atoms with Gasteiger partial charge in [-0.25, -0.2) is 14.8 Å². The van der Waals surface area contributed by atoms with Crippen molar-refractivity contribution in [3.05, 3.63) is 46.9 Å². The molecule has 27 heavy (non-hydrogen) atoms. The molecule has 2 amide bonds. The Bertz CT molecular complexity index is 849. The number of benzene rings is 1. The molecule has 0 atom stereocenters. The van der Waals surface area contributed by atoms with Gasteiger partial charge < -0.3 is 15.1 Å². The normalized spacial score (nSPS) is 13.9. The predicted molar refractivity (Wildman–Crippen MR) is 95.7 cm³/mol. The second-order valence-electron chi connectivity index (χ2n) is 6.59. The van der Waals surface area contributed by atoms with E-state index >= 15 is 0 Å². The number of aryl methyl sites for hydroxylation is 1. The number of carbonyl (C=O) groups excluding carboxylic acids is 1. The highest BCUT2D eigenvalue weighted by Crippen LogP contribution is 2.30. The molecule has 0 unspecified atom stereocenters. The van der Waals surface area contributed by atoms with Crippen LogP contribution in [0.4, 0.5) is 29.5 Å². The van der Waals surface area contributed by atoms with Crippen LogP contribution in [-0.2, 0) is 19.1 Å². The van der Waals surface area contributed by atoms with Crippen LogP contribution in [-0.4, -0.2) is 41.5 Å². The van der Waals surface area contributed by atoms with Crippen LogP contribution >= 0.6 is 0 Å². The summed E-state index contributed by atoms with van der Waals surface area (Å²) in [7, 11) is 3.76. The molecule has 3 rings (SSSR count). The summed E-state index contributed by atoms with van der Waals surface area (Å²) in [5, 5.41) is 2.65. The van der Waals surface area contributed by atoms with Crippen molar-refractivity contribution in [1.29, 1.82) is 0 Å². The summed E-state index contributed by atoms with van der Waals surface area (Å²) >= 11 is 0. The molecule has 144 valence electrons. The van der Waals surface area contributed by atoms with Gasteiger partial charge in [-0.15, -0.1) is 0 Å². The van der Waals surface area contributed by atoms with Gasteiger partial charge in [-0.2, -0.15) is 13.2 Å². The Kier molecular flexibility index (Phi) is 4.95. The van der Waals surface area contributed by atoms with Crippen molar-refractivity contribution < 1.29 is 18.0 Å². The number of aromatic nitrogens is 2. The highest BCUT2D eigenvalue weighted by atomic mass is 19.4.